The molecule has 0 atom stereocenters. The number of carbonyl (C=O) groups is 1. The van der Waals surface area contributed by atoms with Gasteiger partial charge in [0.25, 0.3) is 0 Å². The molecule has 0 fully saturated rings. The van der Waals surface area contributed by atoms with Crippen LogP contribution in [0.25, 0.3) is 0 Å². The van der Waals surface area contributed by atoms with Gasteiger partial charge in [-0.3, -0.25) is 4.79 Å². The summed E-state index contributed by atoms with van der Waals surface area (Å²) in [5.41, 5.74) is 1.60. The molecule has 5 nitrogen and oxygen atoms in total. The van der Waals surface area contributed by atoms with E-state index in [1.807, 2.05) is 78.9 Å². The van der Waals surface area contributed by atoms with Crippen molar-refractivity contribution in [2.45, 2.75) is 6.42 Å². The molecule has 0 heterocycles. The van der Waals surface area contributed by atoms with Crippen molar-refractivity contribution in [1.29, 1.82) is 0 Å². The molecule has 0 spiro atoms. The Hall–Kier alpha value is -3.47. The van der Waals surface area contributed by atoms with E-state index in [1.165, 1.54) is 0 Å². The van der Waals surface area contributed by atoms with E-state index in [-0.39, 0.29) is 5.91 Å². The second-order valence-electron chi connectivity index (χ2n) is 5.86. The third-order valence-electron chi connectivity index (χ3n) is 3.89. The summed E-state index contributed by atoms with van der Waals surface area (Å²) in [4.78, 5) is 12.1. The SMILES string of the molecule is COc1ccccc1NCCC(=O)Nc1ccc(Oc2ccccc2)cc1. The Morgan fingerprint density at radius 2 is 1.52 bits per heavy atom. The summed E-state index contributed by atoms with van der Waals surface area (Å²) in [6.07, 6.45) is 0.348. The summed E-state index contributed by atoms with van der Waals surface area (Å²) < 4.78 is 11.0. The molecular formula is C22H22N2O3. The van der Waals surface area contributed by atoms with Crippen LogP contribution in [0.4, 0.5) is 11.4 Å². The van der Waals surface area contributed by atoms with Crippen molar-refractivity contribution in [2.75, 3.05) is 24.3 Å². The minimum Gasteiger partial charge on any atom is -0.495 e. The summed E-state index contributed by atoms with van der Waals surface area (Å²) in [5, 5.41) is 6.09. The molecule has 27 heavy (non-hydrogen) atoms. The molecule has 3 rings (SSSR count). The number of hydrogen-bond donors (Lipinski definition) is 2. The maximum Gasteiger partial charge on any atom is 0.226 e. The third kappa shape index (κ3) is 5.51. The van der Waals surface area contributed by atoms with E-state index in [9.17, 15) is 4.79 Å². The van der Waals surface area contributed by atoms with Crippen molar-refractivity contribution < 1.29 is 14.3 Å². The van der Waals surface area contributed by atoms with Gasteiger partial charge in [0.15, 0.2) is 0 Å². The Balaban J connectivity index is 1.46. The van der Waals surface area contributed by atoms with Crippen LogP contribution in [-0.4, -0.2) is 19.6 Å². The molecule has 5 heteroatoms. The van der Waals surface area contributed by atoms with Crippen molar-refractivity contribution in [3.8, 4) is 17.2 Å². The van der Waals surface area contributed by atoms with Crippen LogP contribution in [0.15, 0.2) is 78.9 Å². The maximum atomic E-state index is 12.1. The summed E-state index contributed by atoms with van der Waals surface area (Å²) >= 11 is 0. The Kier molecular flexibility index (Phi) is 6.30. The fraction of sp³-hybridized carbons (Fsp3) is 0.136. The third-order valence-corrected chi connectivity index (χ3v) is 3.89. The molecule has 0 aliphatic rings. The van der Waals surface area contributed by atoms with Crippen molar-refractivity contribution in [1.82, 2.24) is 0 Å². The lowest BCUT2D eigenvalue weighted by Crippen LogP contribution is -2.16. The molecule has 0 aliphatic carbocycles. The number of methoxy groups -OCH3 is 1. The molecule has 0 aliphatic heterocycles. The predicted octanol–water partition coefficient (Wildman–Crippen LogP) is 4.93. The number of nitrogens with one attached hydrogen (secondary N) is 2. The zero-order valence-corrected chi connectivity index (χ0v) is 15.1. The zero-order valence-electron chi connectivity index (χ0n) is 15.1. The monoisotopic (exact) mass is 362 g/mol. The van der Waals surface area contributed by atoms with Gasteiger partial charge in [0.1, 0.15) is 17.2 Å². The lowest BCUT2D eigenvalue weighted by atomic mass is 10.2. The Labute approximate surface area is 158 Å². The molecule has 0 aromatic heterocycles. The van der Waals surface area contributed by atoms with Gasteiger partial charge in [-0.1, -0.05) is 30.3 Å². The van der Waals surface area contributed by atoms with E-state index in [1.54, 1.807) is 7.11 Å². The molecule has 3 aromatic rings. The first-order valence-corrected chi connectivity index (χ1v) is 8.74. The zero-order chi connectivity index (χ0) is 18.9. The van der Waals surface area contributed by atoms with Crippen LogP contribution >= 0.6 is 0 Å². The topological polar surface area (TPSA) is 59.6 Å². The van der Waals surface area contributed by atoms with Crippen molar-refractivity contribution in [2.24, 2.45) is 0 Å². The second-order valence-corrected chi connectivity index (χ2v) is 5.86. The molecule has 0 bridgehead atoms. The van der Waals surface area contributed by atoms with Crippen molar-refractivity contribution in [3.63, 3.8) is 0 Å². The first-order chi connectivity index (χ1) is 13.2. The molecule has 138 valence electrons. The number of amides is 1. The number of carbonyl (C=O) groups excluding carboxylic acids is 1. The molecule has 0 unspecified atom stereocenters. The van der Waals surface area contributed by atoms with Gasteiger partial charge in [0.05, 0.1) is 12.8 Å². The van der Waals surface area contributed by atoms with E-state index in [4.69, 9.17) is 9.47 Å². The molecular weight excluding hydrogens is 340 g/mol. The van der Waals surface area contributed by atoms with Gasteiger partial charge in [-0.25, -0.2) is 0 Å². The highest BCUT2D eigenvalue weighted by Gasteiger charge is 2.05. The molecule has 2 N–H and O–H groups in total. The smallest absolute Gasteiger partial charge is 0.226 e. The molecule has 0 radical (unpaired) electrons. The van der Waals surface area contributed by atoms with E-state index in [0.29, 0.717) is 13.0 Å². The quantitative estimate of drug-likeness (QED) is 0.597. The van der Waals surface area contributed by atoms with Gasteiger partial charge >= 0.3 is 0 Å². The fourth-order valence-corrected chi connectivity index (χ4v) is 2.56. The molecule has 1 amide bonds. The van der Waals surface area contributed by atoms with Gasteiger partial charge in [0, 0.05) is 18.7 Å². The van der Waals surface area contributed by atoms with Gasteiger partial charge in [-0.15, -0.1) is 0 Å². The summed E-state index contributed by atoms with van der Waals surface area (Å²) in [5.74, 6) is 2.19. The number of anilines is 2. The van der Waals surface area contributed by atoms with Gasteiger partial charge < -0.3 is 20.1 Å². The average Bonchev–Trinajstić information content (AvgIpc) is 2.71. The van der Waals surface area contributed by atoms with Crippen LogP contribution in [0.3, 0.4) is 0 Å². The standard InChI is InChI=1S/C22H22N2O3/c1-26-21-10-6-5-9-20(21)23-16-15-22(25)24-17-11-13-19(14-12-17)27-18-7-3-2-4-8-18/h2-14,23H,15-16H2,1H3,(H,24,25). The Morgan fingerprint density at radius 3 is 2.26 bits per heavy atom. The fourth-order valence-electron chi connectivity index (χ4n) is 2.56. The minimum atomic E-state index is -0.0610. The largest absolute Gasteiger partial charge is 0.495 e. The Morgan fingerprint density at radius 1 is 0.852 bits per heavy atom. The van der Waals surface area contributed by atoms with Crippen LogP contribution < -0.4 is 20.1 Å². The van der Waals surface area contributed by atoms with Crippen LogP contribution in [0, 0.1) is 0 Å². The van der Waals surface area contributed by atoms with E-state index < -0.39 is 0 Å². The van der Waals surface area contributed by atoms with Gasteiger partial charge in [-0.05, 0) is 48.5 Å². The lowest BCUT2D eigenvalue weighted by Gasteiger charge is -2.11. The number of rotatable bonds is 8. The Bertz CT molecular complexity index is 864. The summed E-state index contributed by atoms with van der Waals surface area (Å²) in [6, 6.07) is 24.5. The van der Waals surface area contributed by atoms with Gasteiger partial charge in [0.2, 0.25) is 5.91 Å². The first-order valence-electron chi connectivity index (χ1n) is 8.74. The predicted molar refractivity (Wildman–Crippen MR) is 108 cm³/mol. The minimum absolute atomic E-state index is 0.0610. The number of hydrogen-bond acceptors (Lipinski definition) is 4. The summed E-state index contributed by atoms with van der Waals surface area (Å²) in [7, 11) is 1.62. The normalized spacial score (nSPS) is 10.1. The molecule has 0 saturated heterocycles. The second kappa shape index (κ2) is 9.29. The van der Waals surface area contributed by atoms with Crippen LogP contribution in [0.1, 0.15) is 6.42 Å². The first kappa shape index (κ1) is 18.3. The average molecular weight is 362 g/mol. The van der Waals surface area contributed by atoms with Crippen LogP contribution in [0.5, 0.6) is 17.2 Å². The number of benzene rings is 3. The lowest BCUT2D eigenvalue weighted by molar-refractivity contribution is -0.115. The van der Waals surface area contributed by atoms with Crippen LogP contribution in [-0.2, 0) is 4.79 Å². The highest BCUT2D eigenvalue weighted by Crippen LogP contribution is 2.24. The van der Waals surface area contributed by atoms with E-state index in [2.05, 4.69) is 10.6 Å². The van der Waals surface area contributed by atoms with Crippen LogP contribution in [0.2, 0.25) is 0 Å². The molecule has 0 saturated carbocycles. The number of para-hydroxylation sites is 3. The van der Waals surface area contributed by atoms with Gasteiger partial charge in [-0.2, -0.15) is 0 Å². The summed E-state index contributed by atoms with van der Waals surface area (Å²) in [6.45, 7) is 0.515. The highest BCUT2D eigenvalue weighted by molar-refractivity contribution is 5.91. The van der Waals surface area contributed by atoms with Crippen molar-refractivity contribution >= 4 is 17.3 Å². The number of ether oxygens (including phenoxy) is 2. The molecule has 3 aromatic carbocycles. The maximum absolute atomic E-state index is 12.1. The van der Waals surface area contributed by atoms with E-state index >= 15 is 0 Å². The highest BCUT2D eigenvalue weighted by atomic mass is 16.5. The van der Waals surface area contributed by atoms with Crippen molar-refractivity contribution in [3.05, 3.63) is 78.9 Å². The van der Waals surface area contributed by atoms with E-state index in [0.717, 1.165) is 28.6 Å².